The number of aryl methyl sites for hydroxylation is 1. The van der Waals surface area contributed by atoms with Crippen LogP contribution in [0.5, 0.6) is 0 Å². The molecular weight excluding hydrogens is 297 g/mol. The maximum absolute atomic E-state index is 6.22. The van der Waals surface area contributed by atoms with Gasteiger partial charge < -0.3 is 5.32 Å². The maximum Gasteiger partial charge on any atom is 0.0637 e. The first-order valence-electron chi connectivity index (χ1n) is 6.48. The molecule has 0 aliphatic heterocycles. The fourth-order valence-electron chi connectivity index (χ4n) is 2.62. The van der Waals surface area contributed by atoms with E-state index in [1.165, 1.54) is 29.7 Å². The molecule has 0 spiro atoms. The molecule has 1 heterocycles. The van der Waals surface area contributed by atoms with Crippen molar-refractivity contribution in [1.29, 1.82) is 0 Å². The number of benzene rings is 1. The molecule has 100 valence electrons. The summed E-state index contributed by atoms with van der Waals surface area (Å²) < 4.78 is 0. The summed E-state index contributed by atoms with van der Waals surface area (Å²) in [6, 6.07) is 8.49. The van der Waals surface area contributed by atoms with E-state index in [0.717, 1.165) is 12.1 Å². The first kappa shape index (κ1) is 13.4. The van der Waals surface area contributed by atoms with Crippen molar-refractivity contribution in [2.75, 3.05) is 0 Å². The minimum atomic E-state index is 0.449. The van der Waals surface area contributed by atoms with Crippen LogP contribution in [0.15, 0.2) is 29.6 Å². The molecule has 19 heavy (non-hydrogen) atoms. The summed E-state index contributed by atoms with van der Waals surface area (Å²) in [5, 5.41) is 7.09. The summed E-state index contributed by atoms with van der Waals surface area (Å²) in [6.45, 7) is 0.763. The highest BCUT2D eigenvalue weighted by Gasteiger charge is 2.20. The summed E-state index contributed by atoms with van der Waals surface area (Å²) in [7, 11) is 0. The second-order valence-electron chi connectivity index (χ2n) is 4.84. The number of fused-ring (bicyclic) bond motifs is 1. The highest BCUT2D eigenvalue weighted by Crippen LogP contribution is 2.34. The van der Waals surface area contributed by atoms with Gasteiger partial charge in [0.05, 0.1) is 10.0 Å². The zero-order valence-electron chi connectivity index (χ0n) is 10.5. The van der Waals surface area contributed by atoms with Crippen LogP contribution >= 0.6 is 34.5 Å². The molecule has 0 saturated carbocycles. The first-order valence-corrected chi connectivity index (χ1v) is 8.12. The molecule has 3 rings (SSSR count). The summed E-state index contributed by atoms with van der Waals surface area (Å²) >= 11 is 14.1. The van der Waals surface area contributed by atoms with E-state index in [4.69, 9.17) is 23.2 Å². The summed E-state index contributed by atoms with van der Waals surface area (Å²) in [5.41, 5.74) is 2.53. The van der Waals surface area contributed by atoms with Gasteiger partial charge in [0.15, 0.2) is 0 Å². The Balaban J connectivity index is 1.73. The molecule has 1 aromatic heterocycles. The topological polar surface area (TPSA) is 12.0 Å². The quantitative estimate of drug-likeness (QED) is 0.819. The minimum absolute atomic E-state index is 0.449. The van der Waals surface area contributed by atoms with E-state index >= 15 is 0 Å². The summed E-state index contributed by atoms with van der Waals surface area (Å²) in [5.74, 6) is 0. The van der Waals surface area contributed by atoms with Crippen LogP contribution in [-0.2, 0) is 13.0 Å². The van der Waals surface area contributed by atoms with Crippen LogP contribution < -0.4 is 5.32 Å². The maximum atomic E-state index is 6.22. The summed E-state index contributed by atoms with van der Waals surface area (Å²) in [6.07, 6.45) is 3.68. The molecule has 1 unspecified atom stereocenters. The predicted octanol–water partition coefficient (Wildman–Crippen LogP) is 5.22. The van der Waals surface area contributed by atoms with Crippen molar-refractivity contribution in [3.05, 3.63) is 55.7 Å². The average molecular weight is 312 g/mol. The minimum Gasteiger partial charge on any atom is -0.306 e. The van der Waals surface area contributed by atoms with Gasteiger partial charge in [-0.25, -0.2) is 0 Å². The van der Waals surface area contributed by atoms with Crippen molar-refractivity contribution in [2.45, 2.75) is 31.8 Å². The van der Waals surface area contributed by atoms with Crippen LogP contribution in [0.4, 0.5) is 0 Å². The third kappa shape index (κ3) is 2.82. The number of hydrogen-bond acceptors (Lipinski definition) is 2. The molecule has 1 aliphatic carbocycles. The molecule has 1 atom stereocenters. The number of hydrogen-bond donors (Lipinski definition) is 1. The van der Waals surface area contributed by atoms with Crippen LogP contribution in [0.25, 0.3) is 0 Å². The number of nitrogens with one attached hydrogen (secondary N) is 1. The first-order chi connectivity index (χ1) is 9.25. The zero-order valence-corrected chi connectivity index (χ0v) is 12.8. The molecular formula is C15H15Cl2NS. The van der Waals surface area contributed by atoms with Crippen LogP contribution in [0.3, 0.4) is 0 Å². The van der Waals surface area contributed by atoms with Gasteiger partial charge in [0.1, 0.15) is 0 Å². The molecule has 1 aromatic carbocycles. The van der Waals surface area contributed by atoms with E-state index in [2.05, 4.69) is 16.8 Å². The fraction of sp³-hybridized carbons (Fsp3) is 0.333. The van der Waals surface area contributed by atoms with Crippen molar-refractivity contribution in [3.8, 4) is 0 Å². The lowest BCUT2D eigenvalue weighted by molar-refractivity contribution is 0.463. The van der Waals surface area contributed by atoms with E-state index in [1.807, 2.05) is 29.5 Å². The molecule has 2 aromatic rings. The van der Waals surface area contributed by atoms with Gasteiger partial charge in [-0.15, -0.1) is 11.3 Å². The average Bonchev–Trinajstić information content (AvgIpc) is 2.89. The second kappa shape index (κ2) is 5.84. The van der Waals surface area contributed by atoms with Crippen LogP contribution in [0.2, 0.25) is 10.0 Å². The van der Waals surface area contributed by atoms with Crippen LogP contribution in [-0.4, -0.2) is 0 Å². The third-order valence-electron chi connectivity index (χ3n) is 3.62. The zero-order chi connectivity index (χ0) is 13.2. The Morgan fingerprint density at radius 2 is 2.16 bits per heavy atom. The molecule has 0 radical (unpaired) electrons. The van der Waals surface area contributed by atoms with Gasteiger partial charge in [0, 0.05) is 17.5 Å². The Bertz CT molecular complexity index is 579. The molecule has 4 heteroatoms. The number of halogens is 2. The van der Waals surface area contributed by atoms with Crippen LogP contribution in [0.1, 0.15) is 34.9 Å². The van der Waals surface area contributed by atoms with Crippen LogP contribution in [0, 0.1) is 0 Å². The van der Waals surface area contributed by atoms with Crippen molar-refractivity contribution < 1.29 is 0 Å². The molecule has 1 aliphatic rings. The Morgan fingerprint density at radius 1 is 1.26 bits per heavy atom. The monoisotopic (exact) mass is 311 g/mol. The van der Waals surface area contributed by atoms with E-state index in [0.29, 0.717) is 16.1 Å². The lowest BCUT2D eigenvalue weighted by Gasteiger charge is -2.24. The highest BCUT2D eigenvalue weighted by atomic mass is 35.5. The lowest BCUT2D eigenvalue weighted by atomic mass is 9.94. The van der Waals surface area contributed by atoms with E-state index in [9.17, 15) is 0 Å². The highest BCUT2D eigenvalue weighted by molar-refractivity contribution is 7.10. The molecule has 1 nitrogen and oxygen atoms in total. The van der Waals surface area contributed by atoms with Gasteiger partial charge in [-0.2, -0.15) is 0 Å². The van der Waals surface area contributed by atoms with Crippen molar-refractivity contribution in [2.24, 2.45) is 0 Å². The molecule has 1 N–H and O–H groups in total. The van der Waals surface area contributed by atoms with Gasteiger partial charge in [-0.1, -0.05) is 35.3 Å². The molecule has 0 fully saturated rings. The van der Waals surface area contributed by atoms with Gasteiger partial charge in [0.2, 0.25) is 0 Å². The SMILES string of the molecule is Clc1cccc(CNC2CCCc3sccc32)c1Cl. The molecule has 0 saturated heterocycles. The fourth-order valence-corrected chi connectivity index (χ4v) is 3.99. The Labute approximate surface area is 127 Å². The van der Waals surface area contributed by atoms with E-state index in [1.54, 1.807) is 0 Å². The predicted molar refractivity (Wildman–Crippen MR) is 83.3 cm³/mol. The standard InChI is InChI=1S/C15H15Cl2NS/c16-12-4-1-3-10(15(12)17)9-18-13-5-2-6-14-11(13)7-8-19-14/h1,3-4,7-8,13,18H,2,5-6,9H2. The number of thiophene rings is 1. The van der Waals surface area contributed by atoms with Crippen molar-refractivity contribution in [1.82, 2.24) is 5.32 Å². The van der Waals surface area contributed by atoms with Gasteiger partial charge in [-0.05, 0) is 47.9 Å². The smallest absolute Gasteiger partial charge is 0.0637 e. The van der Waals surface area contributed by atoms with Crippen molar-refractivity contribution >= 4 is 34.5 Å². The van der Waals surface area contributed by atoms with E-state index < -0.39 is 0 Å². The van der Waals surface area contributed by atoms with Crippen molar-refractivity contribution in [3.63, 3.8) is 0 Å². The lowest BCUT2D eigenvalue weighted by Crippen LogP contribution is -2.24. The van der Waals surface area contributed by atoms with Gasteiger partial charge in [-0.3, -0.25) is 0 Å². The van der Waals surface area contributed by atoms with Gasteiger partial charge in [0.25, 0.3) is 0 Å². The largest absolute Gasteiger partial charge is 0.306 e. The Hall–Kier alpha value is -0.540. The summed E-state index contributed by atoms with van der Waals surface area (Å²) in [4.78, 5) is 1.53. The number of rotatable bonds is 3. The Morgan fingerprint density at radius 3 is 3.05 bits per heavy atom. The third-order valence-corrected chi connectivity index (χ3v) is 5.48. The molecule has 0 bridgehead atoms. The Kier molecular flexibility index (Phi) is 4.13. The molecule has 0 amide bonds. The van der Waals surface area contributed by atoms with Gasteiger partial charge >= 0.3 is 0 Å². The second-order valence-corrected chi connectivity index (χ2v) is 6.62. The van der Waals surface area contributed by atoms with E-state index in [-0.39, 0.29) is 0 Å². The normalized spacial score (nSPS) is 18.3.